The fourth-order valence-corrected chi connectivity index (χ4v) is 5.30. The highest BCUT2D eigenvalue weighted by atomic mass is 16.3. The van der Waals surface area contributed by atoms with Crippen LogP contribution in [0.1, 0.15) is 19.2 Å². The van der Waals surface area contributed by atoms with Gasteiger partial charge in [0.05, 0.1) is 19.2 Å². The molecule has 0 aliphatic rings. The third-order valence-electron chi connectivity index (χ3n) is 6.98. The summed E-state index contributed by atoms with van der Waals surface area (Å²) in [5.41, 5.74) is 2.33. The Kier molecular flexibility index (Phi) is 2.72. The predicted molar refractivity (Wildman–Crippen MR) is 165 cm³/mol. The van der Waals surface area contributed by atoms with Gasteiger partial charge in [-0.05, 0) is 55.4 Å². The van der Waals surface area contributed by atoms with E-state index in [-0.39, 0.29) is 75.8 Å². The van der Waals surface area contributed by atoms with Crippen LogP contribution in [0.15, 0.2) is 150 Å². The maximum absolute atomic E-state index is 8.84. The second-order valence-corrected chi connectivity index (χ2v) is 9.05. The predicted octanol–water partition coefficient (Wildman–Crippen LogP) is 10.9. The highest BCUT2D eigenvalue weighted by Gasteiger charge is 2.17. The average Bonchev–Trinajstić information content (AvgIpc) is 3.52. The van der Waals surface area contributed by atoms with Crippen LogP contribution < -0.4 is 0 Å². The fraction of sp³-hybridized carbons (Fsp3) is 0. The second kappa shape index (κ2) is 8.72. The molecule has 182 valence electrons. The summed E-state index contributed by atoms with van der Waals surface area (Å²) in [5.74, 6) is 0. The van der Waals surface area contributed by atoms with Gasteiger partial charge in [-0.2, -0.15) is 0 Å². The van der Waals surface area contributed by atoms with Crippen LogP contribution in [-0.2, 0) is 0 Å². The van der Waals surface area contributed by atoms with E-state index in [0.29, 0.717) is 49.4 Å². The van der Waals surface area contributed by atoms with Crippen LogP contribution in [0.25, 0.3) is 76.9 Å². The van der Waals surface area contributed by atoms with Crippen molar-refractivity contribution >= 4 is 43.5 Å². The molecule has 7 aromatic carbocycles. The van der Waals surface area contributed by atoms with E-state index >= 15 is 0 Å². The van der Waals surface area contributed by atoms with Gasteiger partial charge in [-0.25, -0.2) is 0 Å². The SMILES string of the molecule is [2H]c1cc2c(-c3ccc(-c4c([2H])c([2H])c([2H])c5c4oc4c([2H])c([2H])c([2H])c([2H])c45)cc3)c3cc([2H])c([2H])cc3c(-c3cc([2H])c([2H])c([2H])c3)c2cc1[2H]. The molecule has 0 aliphatic carbocycles. The van der Waals surface area contributed by atoms with Gasteiger partial charge in [0, 0.05) is 16.3 Å². The van der Waals surface area contributed by atoms with Gasteiger partial charge in [-0.15, -0.1) is 0 Å². The van der Waals surface area contributed by atoms with Gasteiger partial charge >= 0.3 is 0 Å². The maximum Gasteiger partial charge on any atom is 0.143 e. The Balaban J connectivity index is 1.43. The van der Waals surface area contributed by atoms with Gasteiger partial charge in [0.15, 0.2) is 0 Å². The third kappa shape index (κ3) is 3.41. The van der Waals surface area contributed by atoms with Gasteiger partial charge < -0.3 is 4.42 Å². The number of rotatable bonds is 3. The van der Waals surface area contributed by atoms with Crippen LogP contribution >= 0.6 is 0 Å². The number of furan rings is 1. The monoisotopic (exact) mass is 510 g/mol. The first-order valence-electron chi connectivity index (χ1n) is 19.2. The Morgan fingerprint density at radius 3 is 1.54 bits per heavy atom. The molecule has 0 bridgehead atoms. The number of fused-ring (bicyclic) bond motifs is 5. The lowest BCUT2D eigenvalue weighted by Gasteiger charge is -2.18. The van der Waals surface area contributed by atoms with E-state index in [2.05, 4.69) is 0 Å². The lowest BCUT2D eigenvalue weighted by molar-refractivity contribution is 0.670. The molecular weight excluding hydrogens is 472 g/mol. The molecule has 1 heterocycles. The normalized spacial score (nSPS) is 16.6. The first kappa shape index (κ1) is 12.1. The van der Waals surface area contributed by atoms with E-state index in [9.17, 15) is 0 Å². The van der Waals surface area contributed by atoms with E-state index in [1.807, 2.05) is 0 Å². The van der Waals surface area contributed by atoms with Gasteiger partial charge in [-0.3, -0.25) is 0 Å². The van der Waals surface area contributed by atoms with Gasteiger partial charge in [0.1, 0.15) is 11.2 Å². The zero-order valence-electron chi connectivity index (χ0n) is 34.2. The molecular formula is C38H24O. The molecule has 0 fully saturated rings. The topological polar surface area (TPSA) is 13.1 Å². The standard InChI is InChI=1S/C38H24O/c1-2-11-26(12-3-1)36-30-14-4-6-16-32(30)37(33-17-7-5-15-31(33)36)27-23-21-25(22-24-27)28-18-10-19-34-29-13-8-9-20-35(29)39-38(28)34/h1-24H/i1D,2D,3D,4D,5D,6D,7D,8D,9D,10D,13D,18D,19D,20D. The van der Waals surface area contributed by atoms with Crippen molar-refractivity contribution in [1.82, 2.24) is 0 Å². The zero-order chi connectivity index (χ0) is 37.9. The molecule has 0 saturated heterocycles. The number of hydrogen-bond donors (Lipinski definition) is 0. The largest absolute Gasteiger partial charge is 0.455 e. The summed E-state index contributed by atoms with van der Waals surface area (Å²) in [4.78, 5) is 0. The van der Waals surface area contributed by atoms with Crippen LogP contribution in [0.2, 0.25) is 0 Å². The summed E-state index contributed by atoms with van der Waals surface area (Å²) in [7, 11) is 0. The number of para-hydroxylation sites is 2. The number of hydrogen-bond acceptors (Lipinski definition) is 1. The summed E-state index contributed by atoms with van der Waals surface area (Å²) < 4.78 is 124. The molecule has 0 aliphatic heterocycles. The summed E-state index contributed by atoms with van der Waals surface area (Å²) >= 11 is 0. The molecule has 39 heavy (non-hydrogen) atoms. The van der Waals surface area contributed by atoms with Crippen molar-refractivity contribution in [2.24, 2.45) is 0 Å². The minimum absolute atomic E-state index is 0.00637. The molecule has 0 N–H and O–H groups in total. The first-order valence-corrected chi connectivity index (χ1v) is 12.2. The van der Waals surface area contributed by atoms with Crippen molar-refractivity contribution in [2.75, 3.05) is 0 Å². The Bertz CT molecular complexity index is 2840. The van der Waals surface area contributed by atoms with Crippen molar-refractivity contribution in [3.05, 3.63) is 145 Å². The van der Waals surface area contributed by atoms with Crippen molar-refractivity contribution in [2.45, 2.75) is 0 Å². The minimum atomic E-state index is -0.517. The van der Waals surface area contributed by atoms with Crippen LogP contribution in [0, 0.1) is 0 Å². The third-order valence-corrected chi connectivity index (χ3v) is 6.98. The summed E-state index contributed by atoms with van der Waals surface area (Å²) in [5, 5.41) is 1.97. The zero-order valence-corrected chi connectivity index (χ0v) is 20.2. The number of benzene rings is 7. The smallest absolute Gasteiger partial charge is 0.143 e. The van der Waals surface area contributed by atoms with E-state index in [4.69, 9.17) is 23.6 Å². The summed E-state index contributed by atoms with van der Waals surface area (Å²) in [6.45, 7) is 0. The Morgan fingerprint density at radius 2 is 0.897 bits per heavy atom. The molecule has 8 rings (SSSR count). The van der Waals surface area contributed by atoms with Crippen LogP contribution in [-0.4, -0.2) is 0 Å². The molecule has 0 unspecified atom stereocenters. The van der Waals surface area contributed by atoms with Crippen molar-refractivity contribution in [3.63, 3.8) is 0 Å². The lowest BCUT2D eigenvalue weighted by Crippen LogP contribution is -1.90. The Labute approximate surface area is 246 Å². The summed E-state index contributed by atoms with van der Waals surface area (Å²) in [6, 6.07) is 11.7. The Morgan fingerprint density at radius 1 is 0.385 bits per heavy atom. The molecule has 0 atom stereocenters. The molecule has 8 aromatic rings. The molecule has 1 nitrogen and oxygen atoms in total. The van der Waals surface area contributed by atoms with Crippen molar-refractivity contribution in [1.29, 1.82) is 0 Å². The highest BCUT2D eigenvalue weighted by Crippen LogP contribution is 2.44. The average molecular weight is 511 g/mol. The molecule has 1 heteroatoms. The first-order chi connectivity index (χ1) is 25.1. The molecule has 1 aromatic heterocycles. The molecule has 0 amide bonds. The maximum atomic E-state index is 8.84. The highest BCUT2D eigenvalue weighted by molar-refractivity contribution is 6.21. The van der Waals surface area contributed by atoms with E-state index in [0.717, 1.165) is 0 Å². The molecule has 0 saturated carbocycles. The second-order valence-electron chi connectivity index (χ2n) is 9.05. The van der Waals surface area contributed by atoms with E-state index in [1.165, 1.54) is 36.4 Å². The minimum Gasteiger partial charge on any atom is -0.455 e. The van der Waals surface area contributed by atoms with Gasteiger partial charge in [-0.1, -0.05) is 139 Å². The Hall–Kier alpha value is -5.14. The molecule has 0 spiro atoms. The quantitative estimate of drug-likeness (QED) is 0.215. The van der Waals surface area contributed by atoms with E-state index in [1.54, 1.807) is 24.3 Å². The van der Waals surface area contributed by atoms with Gasteiger partial charge in [0.25, 0.3) is 0 Å². The van der Waals surface area contributed by atoms with Crippen molar-refractivity contribution < 1.29 is 23.6 Å². The van der Waals surface area contributed by atoms with Crippen molar-refractivity contribution in [3.8, 4) is 33.4 Å². The fourth-order valence-electron chi connectivity index (χ4n) is 5.30. The van der Waals surface area contributed by atoms with Crippen LogP contribution in [0.4, 0.5) is 0 Å². The van der Waals surface area contributed by atoms with Crippen LogP contribution in [0.5, 0.6) is 0 Å². The van der Waals surface area contributed by atoms with Crippen LogP contribution in [0.3, 0.4) is 0 Å². The summed E-state index contributed by atoms with van der Waals surface area (Å²) in [6.07, 6.45) is 0. The van der Waals surface area contributed by atoms with E-state index < -0.39 is 36.3 Å². The molecule has 0 radical (unpaired) electrons. The lowest BCUT2D eigenvalue weighted by atomic mass is 9.86. The van der Waals surface area contributed by atoms with Gasteiger partial charge in [0.2, 0.25) is 0 Å².